The lowest BCUT2D eigenvalue weighted by atomic mass is 10.0. The molecule has 0 heterocycles. The van der Waals surface area contributed by atoms with Gasteiger partial charge in [0.25, 0.3) is 0 Å². The molecule has 0 radical (unpaired) electrons. The van der Waals surface area contributed by atoms with Crippen LogP contribution in [0.25, 0.3) is 60.8 Å². The molecule has 0 saturated heterocycles. The van der Waals surface area contributed by atoms with Gasteiger partial charge in [0, 0.05) is 55.6 Å². The second-order valence-corrected chi connectivity index (χ2v) is 35.6. The lowest BCUT2D eigenvalue weighted by Gasteiger charge is -2.20. The maximum atomic E-state index is 7.01. The predicted molar refractivity (Wildman–Crippen MR) is 512 cm³/mol. The van der Waals surface area contributed by atoms with Gasteiger partial charge in [0.2, 0.25) is 0 Å². The van der Waals surface area contributed by atoms with Crippen molar-refractivity contribution in [3.63, 3.8) is 0 Å². The summed E-state index contributed by atoms with van der Waals surface area (Å²) in [5.41, 5.74) is 11.1. The summed E-state index contributed by atoms with van der Waals surface area (Å²) in [5, 5.41) is 0. The van der Waals surface area contributed by atoms with Crippen LogP contribution >= 0.6 is 0 Å². The quantitative estimate of drug-likeness (QED) is 0.0339. The third-order valence-corrected chi connectivity index (χ3v) is 24.0. The molecule has 0 aliphatic rings. The molecule has 120 heavy (non-hydrogen) atoms. The molecule has 664 valence electrons. The van der Waals surface area contributed by atoms with Gasteiger partial charge in [-0.25, -0.2) is 0 Å². The van der Waals surface area contributed by atoms with E-state index in [0.29, 0.717) is 150 Å². The fourth-order valence-electron chi connectivity index (χ4n) is 11.7. The van der Waals surface area contributed by atoms with Crippen LogP contribution in [0, 0.1) is 84.9 Å². The number of ether oxygens (including phenoxy) is 12. The molecule has 6 aromatic carbocycles. The molecular formula is C108H160O12. The van der Waals surface area contributed by atoms with E-state index < -0.39 is 0 Å². The molecule has 0 saturated carbocycles. The Morgan fingerprint density at radius 2 is 0.250 bits per heavy atom. The minimum Gasteiger partial charge on any atom is -0.493 e. The van der Waals surface area contributed by atoms with Crippen molar-refractivity contribution in [2.24, 2.45) is 71.0 Å². The summed E-state index contributed by atoms with van der Waals surface area (Å²) in [4.78, 5) is 0. The Morgan fingerprint density at radius 1 is 0.158 bits per heavy atom. The molecule has 0 aromatic heterocycles. The second kappa shape index (κ2) is 53.5. The Labute approximate surface area is 729 Å². The smallest absolute Gasteiger partial charge is 0.127 e. The van der Waals surface area contributed by atoms with Gasteiger partial charge < -0.3 is 56.8 Å². The lowest BCUT2D eigenvalue weighted by Crippen LogP contribution is -2.11. The van der Waals surface area contributed by atoms with E-state index in [4.69, 9.17) is 56.8 Å². The molecule has 6 aromatic rings. The average Bonchev–Trinajstić information content (AvgIpc) is 0.804. The first-order chi connectivity index (χ1) is 57.6. The molecule has 0 aliphatic heterocycles. The maximum absolute atomic E-state index is 7.01. The summed E-state index contributed by atoms with van der Waals surface area (Å²) in [6.45, 7) is 64.4. The Balaban J connectivity index is 1.58. The standard InChI is InChI=1S/C108H160O12/c1-27-73(13)61-109-97-51-87(99(49-85(97)25)111-63-75(15)29-3)39-41-89-53-103(115-67-79(19)33-7)91(55-101(89)113-65-77(17)31-5)43-45-93-57-107(119-71-83(23)37-11)95(59-105(93)117-69-81(21)35-9)47-48-96-60-106(118-70-82(22)36-10)94(58-108(96)120-72-84(24)38-12)46-44-92-56-102(114-66-78(18)32-6)90(54-104(92)116-68-80(20)34-8)42-40-88-52-98(110-62-74(14)28-2)86(26)50-100(88)112-64-76(16)30-4/h39-60,73-84H,27-38,61-72H2,1-26H3/b41-39+,42-40+,45-43+,46-44+,48-47+/t73-,74-,75-,76-,77-,78-,79-,80-,81-,82-,83-,84-/m0/s1. The molecule has 0 unspecified atom stereocenters. The Hall–Kier alpha value is -8.38. The zero-order valence-electron chi connectivity index (χ0n) is 79.5. The molecule has 12 atom stereocenters. The minimum atomic E-state index is 0.298. The first-order valence-corrected chi connectivity index (χ1v) is 46.6. The normalized spacial score (nSPS) is 15.0. The van der Waals surface area contributed by atoms with E-state index in [1.54, 1.807) is 0 Å². The maximum Gasteiger partial charge on any atom is 0.127 e. The van der Waals surface area contributed by atoms with Crippen molar-refractivity contribution < 1.29 is 56.8 Å². The summed E-state index contributed by atoms with van der Waals surface area (Å²) in [6, 6.07) is 25.7. The topological polar surface area (TPSA) is 111 Å². The van der Waals surface area contributed by atoms with Gasteiger partial charge in [0.05, 0.1) is 79.3 Å². The summed E-state index contributed by atoms with van der Waals surface area (Å²) < 4.78 is 81.9. The van der Waals surface area contributed by atoms with E-state index in [2.05, 4.69) is 314 Å². The molecule has 0 bridgehead atoms. The fraction of sp³-hybridized carbons (Fsp3) is 0.574. The van der Waals surface area contributed by atoms with E-state index >= 15 is 0 Å². The monoisotopic (exact) mass is 1650 g/mol. The van der Waals surface area contributed by atoms with E-state index in [1.807, 2.05) is 0 Å². The van der Waals surface area contributed by atoms with Crippen molar-refractivity contribution in [3.05, 3.63) is 140 Å². The van der Waals surface area contributed by atoms with E-state index in [-0.39, 0.29) is 0 Å². The van der Waals surface area contributed by atoms with Crippen LogP contribution in [0.1, 0.15) is 310 Å². The Morgan fingerprint density at radius 3 is 0.358 bits per heavy atom. The first kappa shape index (κ1) is 100. The van der Waals surface area contributed by atoms with E-state index in [9.17, 15) is 0 Å². The van der Waals surface area contributed by atoms with Crippen molar-refractivity contribution in [2.75, 3.05) is 79.3 Å². The molecule has 6 rings (SSSR count). The molecule has 0 N–H and O–H groups in total. The third kappa shape index (κ3) is 33.5. The van der Waals surface area contributed by atoms with Crippen molar-refractivity contribution >= 4 is 60.8 Å². The molecule has 0 fully saturated rings. The van der Waals surface area contributed by atoms with Crippen LogP contribution in [-0.2, 0) is 0 Å². The van der Waals surface area contributed by atoms with Crippen molar-refractivity contribution in [1.29, 1.82) is 0 Å². The molecule has 0 spiro atoms. The number of rotatable bonds is 58. The third-order valence-electron chi connectivity index (χ3n) is 24.0. The first-order valence-electron chi connectivity index (χ1n) is 46.6. The largest absolute Gasteiger partial charge is 0.493 e. The van der Waals surface area contributed by atoms with Crippen LogP contribution in [0.4, 0.5) is 0 Å². The van der Waals surface area contributed by atoms with Crippen LogP contribution < -0.4 is 56.8 Å². The number of hydrogen-bond donors (Lipinski definition) is 0. The lowest BCUT2D eigenvalue weighted by molar-refractivity contribution is 0.248. The van der Waals surface area contributed by atoms with Crippen LogP contribution in [0.3, 0.4) is 0 Å². The summed E-state index contributed by atoms with van der Waals surface area (Å²) >= 11 is 0. The number of benzene rings is 6. The predicted octanol–water partition coefficient (Wildman–Crippen LogP) is 30.3. The highest BCUT2D eigenvalue weighted by molar-refractivity contribution is 5.86. The molecule has 0 aliphatic carbocycles. The van der Waals surface area contributed by atoms with Gasteiger partial charge in [0.1, 0.15) is 69.0 Å². The van der Waals surface area contributed by atoms with E-state index in [0.717, 1.165) is 213 Å². The van der Waals surface area contributed by atoms with Gasteiger partial charge in [-0.15, -0.1) is 0 Å². The highest BCUT2D eigenvalue weighted by Gasteiger charge is 2.22. The van der Waals surface area contributed by atoms with Crippen molar-refractivity contribution in [2.45, 2.75) is 257 Å². The van der Waals surface area contributed by atoms with Crippen LogP contribution in [0.5, 0.6) is 69.0 Å². The number of aryl methyl sites for hydroxylation is 2. The van der Waals surface area contributed by atoms with Crippen LogP contribution in [0.2, 0.25) is 0 Å². The summed E-state index contributed by atoms with van der Waals surface area (Å²) in [5.74, 6) is 13.5. The van der Waals surface area contributed by atoms with Crippen molar-refractivity contribution in [1.82, 2.24) is 0 Å². The van der Waals surface area contributed by atoms with Crippen LogP contribution in [0.15, 0.2) is 72.8 Å². The summed E-state index contributed by atoms with van der Waals surface area (Å²) in [6.07, 6.45) is 33.4. The van der Waals surface area contributed by atoms with Gasteiger partial charge in [0.15, 0.2) is 0 Å². The Bertz CT molecular complexity index is 3890. The Kier molecular flexibility index (Phi) is 44.8. The van der Waals surface area contributed by atoms with Gasteiger partial charge in [-0.2, -0.15) is 0 Å². The van der Waals surface area contributed by atoms with Gasteiger partial charge >= 0.3 is 0 Å². The highest BCUT2D eigenvalue weighted by Crippen LogP contribution is 2.42. The zero-order valence-corrected chi connectivity index (χ0v) is 79.5. The SMILES string of the molecule is CC[C@H](C)COc1cc(/C=C/c2cc(OC[C@@H](C)CC)c(/C=C/c3cc(OC[C@@H](C)CC)c(/C=C/c4cc(OC[C@@H](C)CC)c(/C=C/c5cc(OC[C@@H](C)CC)c(/C=C/c6cc(OC[C@@H](C)CC)c(C)cc6OC[C@@H](C)CC)cc5OC[C@@H](C)CC)cc4OC[C@@H](C)CC)cc3OC[C@@H](C)CC)cc2OC[C@@H](C)CC)c(OC[C@@H](C)CC)cc1C. The van der Waals surface area contributed by atoms with Gasteiger partial charge in [-0.05, 0) is 169 Å². The van der Waals surface area contributed by atoms with E-state index in [1.165, 1.54) is 0 Å². The van der Waals surface area contributed by atoms with Gasteiger partial charge in [-0.3, -0.25) is 0 Å². The van der Waals surface area contributed by atoms with Crippen molar-refractivity contribution in [3.8, 4) is 69.0 Å². The molecule has 12 nitrogen and oxygen atoms in total. The highest BCUT2D eigenvalue weighted by atomic mass is 16.5. The molecule has 12 heteroatoms. The molecular weight excluding hydrogens is 1490 g/mol. The molecule has 0 amide bonds. The number of hydrogen-bond acceptors (Lipinski definition) is 12. The second-order valence-electron chi connectivity index (χ2n) is 35.6. The van der Waals surface area contributed by atoms with Crippen LogP contribution in [-0.4, -0.2) is 79.3 Å². The zero-order chi connectivity index (χ0) is 87.8. The minimum absolute atomic E-state index is 0.298. The fourth-order valence-corrected chi connectivity index (χ4v) is 11.7. The summed E-state index contributed by atoms with van der Waals surface area (Å²) in [7, 11) is 0. The van der Waals surface area contributed by atoms with Gasteiger partial charge in [-0.1, -0.05) is 304 Å². The average molecular weight is 1650 g/mol.